The van der Waals surface area contributed by atoms with Crippen LogP contribution in [0.25, 0.3) is 16.8 Å². The number of hydrogen-bond acceptors (Lipinski definition) is 3. The molecule has 5 heteroatoms. The van der Waals surface area contributed by atoms with Crippen LogP contribution in [-0.4, -0.2) is 32.8 Å². The van der Waals surface area contributed by atoms with Crippen LogP contribution in [-0.2, 0) is 0 Å². The Morgan fingerprint density at radius 2 is 1.91 bits per heavy atom. The Balaban J connectivity index is 1.46. The number of nitrogens with zero attached hydrogens (tertiary/aromatic N) is 4. The number of alkyl halides is 1. The maximum atomic E-state index is 4.79. The average Bonchev–Trinajstić information content (AvgIpc) is 2.93. The highest BCUT2D eigenvalue weighted by Crippen LogP contribution is 2.54. The Morgan fingerprint density at radius 3 is 2.73 bits per heavy atom. The first-order valence-electron chi connectivity index (χ1n) is 7.90. The fraction of sp³-hybridized carbons (Fsp3) is 0.412. The zero-order valence-corrected chi connectivity index (χ0v) is 13.8. The lowest BCUT2D eigenvalue weighted by Gasteiger charge is -2.20. The predicted molar refractivity (Wildman–Crippen MR) is 91.6 cm³/mol. The molecule has 0 radical (unpaired) electrons. The van der Waals surface area contributed by atoms with Crippen molar-refractivity contribution in [3.05, 3.63) is 36.5 Å². The van der Waals surface area contributed by atoms with E-state index in [1.807, 2.05) is 18.2 Å². The largest absolute Gasteiger partial charge is 0.356 e. The van der Waals surface area contributed by atoms with E-state index in [-0.39, 0.29) is 0 Å². The lowest BCUT2D eigenvalue weighted by atomic mass is 10.2. The van der Waals surface area contributed by atoms with Crippen molar-refractivity contribution in [2.75, 3.05) is 23.3 Å². The Morgan fingerprint density at radius 1 is 1.09 bits per heavy atom. The van der Waals surface area contributed by atoms with Gasteiger partial charge in [-0.25, -0.2) is 4.98 Å². The number of hydrogen-bond donors (Lipinski definition) is 0. The zero-order valence-electron chi connectivity index (χ0n) is 12.2. The summed E-state index contributed by atoms with van der Waals surface area (Å²) in [5, 5.41) is 1.13. The van der Waals surface area contributed by atoms with Gasteiger partial charge >= 0.3 is 0 Å². The van der Waals surface area contributed by atoms with Crippen LogP contribution in [0.5, 0.6) is 0 Å². The Labute approximate surface area is 137 Å². The molecular formula is C17H17BrN4. The molecule has 1 saturated carbocycles. The quantitative estimate of drug-likeness (QED) is 0.674. The Bertz CT molecular complexity index is 846. The molecule has 22 heavy (non-hydrogen) atoms. The van der Waals surface area contributed by atoms with Gasteiger partial charge in [0.05, 0.1) is 11.0 Å². The highest BCUT2D eigenvalue weighted by molar-refractivity contribution is 9.09. The highest BCUT2D eigenvalue weighted by Gasteiger charge is 2.54. The Kier molecular flexibility index (Phi) is 2.74. The van der Waals surface area contributed by atoms with E-state index >= 15 is 0 Å². The van der Waals surface area contributed by atoms with E-state index in [0.29, 0.717) is 0 Å². The third kappa shape index (κ3) is 1.81. The third-order valence-electron chi connectivity index (χ3n) is 5.30. The number of para-hydroxylation sites is 2. The van der Waals surface area contributed by atoms with E-state index in [4.69, 9.17) is 4.98 Å². The minimum Gasteiger partial charge on any atom is -0.356 e. The first-order chi connectivity index (χ1) is 10.8. The van der Waals surface area contributed by atoms with E-state index in [0.717, 1.165) is 58.8 Å². The summed E-state index contributed by atoms with van der Waals surface area (Å²) < 4.78 is 2.07. The number of rotatable bonds is 3. The van der Waals surface area contributed by atoms with Crippen LogP contribution in [0.2, 0.25) is 0 Å². The first kappa shape index (κ1) is 12.9. The van der Waals surface area contributed by atoms with Crippen molar-refractivity contribution in [2.45, 2.75) is 6.42 Å². The van der Waals surface area contributed by atoms with Gasteiger partial charge in [-0.05, 0) is 42.4 Å². The Hall–Kier alpha value is -1.62. The number of piperidine rings is 1. The number of benzene rings is 1. The van der Waals surface area contributed by atoms with Crippen LogP contribution in [0.1, 0.15) is 6.42 Å². The molecule has 2 atom stereocenters. The van der Waals surface area contributed by atoms with Crippen LogP contribution in [0, 0.1) is 17.8 Å². The summed E-state index contributed by atoms with van der Waals surface area (Å²) in [5.74, 6) is 4.58. The van der Waals surface area contributed by atoms with Crippen LogP contribution in [0.4, 0.5) is 5.82 Å². The van der Waals surface area contributed by atoms with Gasteiger partial charge in [-0.1, -0.05) is 28.1 Å². The van der Waals surface area contributed by atoms with Gasteiger partial charge in [0.1, 0.15) is 5.82 Å². The minimum atomic E-state index is 0.802. The molecule has 0 bridgehead atoms. The van der Waals surface area contributed by atoms with Gasteiger partial charge in [0.25, 0.3) is 0 Å². The third-order valence-corrected chi connectivity index (χ3v) is 5.76. The second-order valence-electron chi connectivity index (χ2n) is 6.43. The van der Waals surface area contributed by atoms with E-state index in [2.05, 4.69) is 48.5 Å². The summed E-state index contributed by atoms with van der Waals surface area (Å²) in [6, 6.07) is 10.3. The first-order valence-corrected chi connectivity index (χ1v) is 9.02. The molecule has 112 valence electrons. The molecule has 1 aliphatic heterocycles. The van der Waals surface area contributed by atoms with Crippen molar-refractivity contribution in [2.24, 2.45) is 17.8 Å². The van der Waals surface area contributed by atoms with Crippen LogP contribution < -0.4 is 4.90 Å². The van der Waals surface area contributed by atoms with Crippen molar-refractivity contribution >= 4 is 38.6 Å². The standard InChI is InChI=1S/C17H17BrN4/c18-7-5-11-12-9-21(10-13(11)12)16-6-8-22-15-4-2-1-3-14(15)19-17(22)20-16/h1-4,6,8,11-13H,5,7,9-10H2. The van der Waals surface area contributed by atoms with Crippen LogP contribution >= 0.6 is 15.9 Å². The normalized spacial score (nSPS) is 26.8. The zero-order chi connectivity index (χ0) is 14.7. The SMILES string of the molecule is BrCCC1C2CN(c3ccn4c(n3)nc3ccccc34)CC12. The van der Waals surface area contributed by atoms with Crippen LogP contribution in [0.3, 0.4) is 0 Å². The second kappa shape index (κ2) is 4.69. The number of halogens is 1. The van der Waals surface area contributed by atoms with Gasteiger partial charge in [-0.2, -0.15) is 4.98 Å². The molecule has 2 unspecified atom stereocenters. The van der Waals surface area contributed by atoms with E-state index in [1.54, 1.807) is 0 Å². The van der Waals surface area contributed by atoms with Crippen molar-refractivity contribution in [1.82, 2.24) is 14.4 Å². The van der Waals surface area contributed by atoms with Gasteiger partial charge in [-0.3, -0.25) is 4.40 Å². The summed E-state index contributed by atoms with van der Waals surface area (Å²) >= 11 is 3.57. The predicted octanol–water partition coefficient (Wildman–Crippen LogP) is 3.35. The van der Waals surface area contributed by atoms with Crippen molar-refractivity contribution < 1.29 is 0 Å². The second-order valence-corrected chi connectivity index (χ2v) is 7.22. The van der Waals surface area contributed by atoms with Gasteiger partial charge in [0.15, 0.2) is 0 Å². The molecule has 1 aromatic carbocycles. The fourth-order valence-corrected chi connectivity index (χ4v) is 4.63. The van der Waals surface area contributed by atoms with Crippen LogP contribution in [0.15, 0.2) is 36.5 Å². The topological polar surface area (TPSA) is 33.4 Å². The average molecular weight is 357 g/mol. The summed E-state index contributed by atoms with van der Waals surface area (Å²) in [6.07, 6.45) is 3.42. The molecule has 3 heterocycles. The van der Waals surface area contributed by atoms with Gasteiger partial charge in [0, 0.05) is 24.6 Å². The summed E-state index contributed by atoms with van der Waals surface area (Å²) in [4.78, 5) is 11.9. The van der Waals surface area contributed by atoms with Crippen molar-refractivity contribution in [1.29, 1.82) is 0 Å². The van der Waals surface area contributed by atoms with Crippen molar-refractivity contribution in [3.8, 4) is 0 Å². The molecule has 1 aliphatic carbocycles. The molecule has 2 fully saturated rings. The van der Waals surface area contributed by atoms with E-state index in [1.165, 1.54) is 6.42 Å². The molecule has 5 rings (SSSR count). The van der Waals surface area contributed by atoms with Gasteiger partial charge < -0.3 is 4.90 Å². The smallest absolute Gasteiger partial charge is 0.236 e. The summed E-state index contributed by atoms with van der Waals surface area (Å²) in [5.41, 5.74) is 2.13. The lowest BCUT2D eigenvalue weighted by molar-refractivity contribution is 0.624. The lowest BCUT2D eigenvalue weighted by Crippen LogP contribution is -2.25. The maximum Gasteiger partial charge on any atom is 0.236 e. The summed E-state index contributed by atoms with van der Waals surface area (Å²) in [6.45, 7) is 2.32. The molecule has 2 aliphatic rings. The summed E-state index contributed by atoms with van der Waals surface area (Å²) in [7, 11) is 0. The minimum absolute atomic E-state index is 0.802. The fourth-order valence-electron chi connectivity index (χ4n) is 4.11. The number of aromatic nitrogens is 3. The molecule has 3 aromatic rings. The van der Waals surface area contributed by atoms with Gasteiger partial charge in [0.2, 0.25) is 5.78 Å². The molecule has 1 saturated heterocycles. The van der Waals surface area contributed by atoms with E-state index in [9.17, 15) is 0 Å². The number of fused-ring (bicyclic) bond motifs is 4. The maximum absolute atomic E-state index is 4.79. The monoisotopic (exact) mass is 356 g/mol. The molecule has 0 amide bonds. The van der Waals surface area contributed by atoms with Gasteiger partial charge in [-0.15, -0.1) is 0 Å². The molecular weight excluding hydrogens is 340 g/mol. The van der Waals surface area contributed by atoms with Crippen molar-refractivity contribution in [3.63, 3.8) is 0 Å². The molecule has 0 spiro atoms. The highest BCUT2D eigenvalue weighted by atomic mass is 79.9. The van der Waals surface area contributed by atoms with E-state index < -0.39 is 0 Å². The number of imidazole rings is 1. The number of anilines is 1. The molecule has 0 N–H and O–H groups in total. The molecule has 2 aromatic heterocycles. The molecule has 4 nitrogen and oxygen atoms in total.